The number of imide groups is 1. The molecule has 3 aliphatic heterocycles. The Kier molecular flexibility index (Phi) is 5.99. The van der Waals surface area contributed by atoms with Gasteiger partial charge in [0.1, 0.15) is 18.5 Å². The van der Waals surface area contributed by atoms with Gasteiger partial charge in [-0.3, -0.25) is 24.8 Å². The van der Waals surface area contributed by atoms with Crippen LogP contribution >= 0.6 is 0 Å². The highest BCUT2D eigenvalue weighted by Gasteiger charge is 2.56. The summed E-state index contributed by atoms with van der Waals surface area (Å²) in [6.07, 6.45) is 0.560. The van der Waals surface area contributed by atoms with Crippen LogP contribution in [-0.2, 0) is 17.8 Å². The largest absolute Gasteiger partial charge is 0.328 e. The number of rotatable bonds is 5. The molecule has 7 heteroatoms. The molecule has 0 aromatic heterocycles. The molecule has 3 aliphatic rings. The number of amides is 3. The van der Waals surface area contributed by atoms with Gasteiger partial charge in [-0.25, -0.2) is 4.79 Å². The fraction of sp³-hybridized carbons (Fsp3) is 0.379. The Bertz CT molecular complexity index is 1280. The van der Waals surface area contributed by atoms with Gasteiger partial charge < -0.3 is 4.90 Å². The lowest BCUT2D eigenvalue weighted by atomic mass is 10.0. The minimum absolute atomic E-state index is 0.0587. The summed E-state index contributed by atoms with van der Waals surface area (Å²) in [7, 11) is 1.81. The van der Waals surface area contributed by atoms with Gasteiger partial charge in [-0.1, -0.05) is 79.7 Å². The number of likely N-dealkylation sites (N-methyl/N-ethyl adjacent to an activating group) is 1. The first-order valence-corrected chi connectivity index (χ1v) is 12.9. The number of carbonyl (C=O) groups is 2. The number of hydrogen-bond acceptors (Lipinski definition) is 5. The Morgan fingerprint density at radius 1 is 0.917 bits per heavy atom. The second-order valence-electron chi connectivity index (χ2n) is 10.4. The first-order valence-electron chi connectivity index (χ1n) is 12.9. The number of hydrogen-bond donors (Lipinski definition) is 1. The molecule has 6 rings (SSSR count). The summed E-state index contributed by atoms with van der Waals surface area (Å²) in [5.41, 5.74) is 2.29. The van der Waals surface area contributed by atoms with Crippen LogP contribution in [0.25, 0.3) is 10.8 Å². The topological polar surface area (TPSA) is 59.1 Å². The fourth-order valence-corrected chi connectivity index (χ4v) is 6.16. The predicted molar refractivity (Wildman–Crippen MR) is 140 cm³/mol. The molecule has 3 saturated heterocycles. The molecule has 0 spiro atoms. The molecule has 186 valence electrons. The van der Waals surface area contributed by atoms with E-state index in [2.05, 4.69) is 64.5 Å². The van der Waals surface area contributed by atoms with Gasteiger partial charge in [0, 0.05) is 26.7 Å². The van der Waals surface area contributed by atoms with E-state index >= 15 is 0 Å². The van der Waals surface area contributed by atoms with Crippen LogP contribution in [-0.4, -0.2) is 76.7 Å². The third-order valence-corrected chi connectivity index (χ3v) is 7.91. The van der Waals surface area contributed by atoms with Crippen molar-refractivity contribution < 1.29 is 9.59 Å². The molecule has 4 atom stereocenters. The smallest absolute Gasteiger partial charge is 0.310 e. The summed E-state index contributed by atoms with van der Waals surface area (Å²) >= 11 is 0. The molecule has 3 amide bonds. The molecule has 3 fully saturated rings. The van der Waals surface area contributed by atoms with Crippen molar-refractivity contribution in [1.82, 2.24) is 24.9 Å². The van der Waals surface area contributed by atoms with E-state index in [0.29, 0.717) is 5.92 Å². The van der Waals surface area contributed by atoms with E-state index < -0.39 is 6.04 Å². The Morgan fingerprint density at radius 2 is 1.67 bits per heavy atom. The summed E-state index contributed by atoms with van der Waals surface area (Å²) in [5.74, 6) is 0.322. The molecular weight excluding hydrogens is 450 g/mol. The summed E-state index contributed by atoms with van der Waals surface area (Å²) in [5, 5.41) is 5.82. The summed E-state index contributed by atoms with van der Waals surface area (Å²) in [6, 6.07) is 24.1. The Balaban J connectivity index is 1.26. The highest BCUT2D eigenvalue weighted by atomic mass is 16.2. The number of nitrogens with one attached hydrogen (secondary N) is 1. The van der Waals surface area contributed by atoms with Crippen molar-refractivity contribution in [2.45, 2.75) is 38.4 Å². The number of urea groups is 1. The quantitative estimate of drug-likeness (QED) is 0.604. The predicted octanol–water partition coefficient (Wildman–Crippen LogP) is 3.31. The van der Waals surface area contributed by atoms with Crippen molar-refractivity contribution in [3.8, 4) is 0 Å². The number of benzene rings is 3. The van der Waals surface area contributed by atoms with Crippen molar-refractivity contribution in [2.75, 3.05) is 26.7 Å². The molecule has 36 heavy (non-hydrogen) atoms. The third-order valence-electron chi connectivity index (χ3n) is 7.91. The zero-order valence-electron chi connectivity index (χ0n) is 20.9. The molecule has 4 unspecified atom stereocenters. The summed E-state index contributed by atoms with van der Waals surface area (Å²) in [6.45, 7) is 5.21. The normalized spacial score (nSPS) is 26.9. The van der Waals surface area contributed by atoms with Crippen LogP contribution < -0.4 is 5.32 Å². The van der Waals surface area contributed by atoms with E-state index in [9.17, 15) is 9.59 Å². The van der Waals surface area contributed by atoms with E-state index in [1.807, 2.05) is 37.4 Å². The lowest BCUT2D eigenvalue weighted by molar-refractivity contribution is -0.141. The molecule has 0 radical (unpaired) electrons. The van der Waals surface area contributed by atoms with Crippen molar-refractivity contribution in [3.05, 3.63) is 83.9 Å². The minimum Gasteiger partial charge on any atom is -0.310 e. The molecule has 3 heterocycles. The van der Waals surface area contributed by atoms with Crippen molar-refractivity contribution in [2.24, 2.45) is 5.92 Å². The SMILES string of the molecule is CC1CN(CCc2ccccc2)C2NC3C(C(=O)N(Cc4cccc5ccccc45)C(=O)N3C)N2C1. The Hall–Kier alpha value is -3.26. The number of nitrogens with zero attached hydrogens (tertiary/aromatic N) is 4. The summed E-state index contributed by atoms with van der Waals surface area (Å²) < 4.78 is 0. The van der Waals surface area contributed by atoms with E-state index in [-0.39, 0.29) is 30.9 Å². The zero-order valence-corrected chi connectivity index (χ0v) is 20.9. The average molecular weight is 484 g/mol. The first kappa shape index (κ1) is 23.2. The molecule has 3 aromatic rings. The van der Waals surface area contributed by atoms with Gasteiger partial charge in [0.25, 0.3) is 5.91 Å². The lowest BCUT2D eigenvalue weighted by Crippen LogP contribution is -2.66. The van der Waals surface area contributed by atoms with Gasteiger partial charge in [-0.15, -0.1) is 0 Å². The van der Waals surface area contributed by atoms with Gasteiger partial charge in [0.2, 0.25) is 0 Å². The fourth-order valence-electron chi connectivity index (χ4n) is 6.16. The van der Waals surface area contributed by atoms with Crippen LogP contribution in [0, 0.1) is 5.92 Å². The zero-order chi connectivity index (χ0) is 24.8. The van der Waals surface area contributed by atoms with Crippen LogP contribution in [0.3, 0.4) is 0 Å². The molecular formula is C29H33N5O2. The van der Waals surface area contributed by atoms with Crippen molar-refractivity contribution in [3.63, 3.8) is 0 Å². The highest BCUT2D eigenvalue weighted by Crippen LogP contribution is 2.33. The van der Waals surface area contributed by atoms with E-state index in [4.69, 9.17) is 0 Å². The standard InChI is InChI=1S/C29H33N5O2/c1-20-17-32(16-15-21-9-4-3-5-10-21)28-30-26-25(33(28)18-20)27(35)34(29(36)31(26)2)19-23-13-8-12-22-11-6-7-14-24(22)23/h3-14,20,25-26,28,30H,15-19H2,1-2H3. The van der Waals surface area contributed by atoms with Crippen LogP contribution in [0.15, 0.2) is 72.8 Å². The van der Waals surface area contributed by atoms with Crippen molar-refractivity contribution >= 4 is 22.7 Å². The maximum Gasteiger partial charge on any atom is 0.328 e. The van der Waals surface area contributed by atoms with Gasteiger partial charge in [-0.05, 0) is 34.2 Å². The van der Waals surface area contributed by atoms with E-state index in [1.165, 1.54) is 10.5 Å². The van der Waals surface area contributed by atoms with Gasteiger partial charge in [-0.2, -0.15) is 0 Å². The lowest BCUT2D eigenvalue weighted by Gasteiger charge is -2.45. The molecule has 0 bridgehead atoms. The average Bonchev–Trinajstić information content (AvgIpc) is 3.29. The Morgan fingerprint density at radius 3 is 2.50 bits per heavy atom. The summed E-state index contributed by atoms with van der Waals surface area (Å²) in [4.78, 5) is 35.2. The monoisotopic (exact) mass is 483 g/mol. The van der Waals surface area contributed by atoms with Crippen LogP contribution in [0.4, 0.5) is 4.79 Å². The van der Waals surface area contributed by atoms with Gasteiger partial charge in [0.05, 0.1) is 6.54 Å². The van der Waals surface area contributed by atoms with Gasteiger partial charge >= 0.3 is 6.03 Å². The maximum atomic E-state index is 13.9. The molecule has 3 aromatic carbocycles. The minimum atomic E-state index is -0.394. The second kappa shape index (κ2) is 9.32. The highest BCUT2D eigenvalue weighted by molar-refractivity contribution is 6.01. The molecule has 1 N–H and O–H groups in total. The first-order chi connectivity index (χ1) is 17.5. The van der Waals surface area contributed by atoms with Crippen LogP contribution in [0.1, 0.15) is 18.1 Å². The third kappa shape index (κ3) is 3.97. The van der Waals surface area contributed by atoms with Crippen molar-refractivity contribution in [1.29, 1.82) is 0 Å². The van der Waals surface area contributed by atoms with Crippen LogP contribution in [0.5, 0.6) is 0 Å². The van der Waals surface area contributed by atoms with E-state index in [0.717, 1.165) is 42.4 Å². The molecule has 7 nitrogen and oxygen atoms in total. The number of fused-ring (bicyclic) bond motifs is 4. The number of carbonyl (C=O) groups excluding carboxylic acids is 2. The Labute approximate surface area is 212 Å². The van der Waals surface area contributed by atoms with Gasteiger partial charge in [0.15, 0.2) is 0 Å². The second-order valence-corrected chi connectivity index (χ2v) is 10.4. The molecule has 0 aliphatic carbocycles. The van der Waals surface area contributed by atoms with Crippen LogP contribution in [0.2, 0.25) is 0 Å². The molecule has 0 saturated carbocycles. The maximum absolute atomic E-state index is 13.9. The van der Waals surface area contributed by atoms with E-state index in [1.54, 1.807) is 4.90 Å².